The van der Waals surface area contributed by atoms with Crippen LogP contribution in [0.2, 0.25) is 0 Å². The molecule has 0 unspecified atom stereocenters. The molecule has 0 aliphatic carbocycles. The van der Waals surface area contributed by atoms with Crippen LogP contribution in [-0.4, -0.2) is 27.5 Å². The third-order valence-electron chi connectivity index (χ3n) is 4.93. The lowest BCUT2D eigenvalue weighted by Gasteiger charge is -2.08. The number of aryl methyl sites for hydroxylation is 2. The molecule has 1 amide bonds. The van der Waals surface area contributed by atoms with Gasteiger partial charge in [0.15, 0.2) is 0 Å². The number of amides is 1. The van der Waals surface area contributed by atoms with Crippen molar-refractivity contribution in [2.45, 2.75) is 27.2 Å². The van der Waals surface area contributed by atoms with E-state index in [4.69, 9.17) is 4.74 Å². The first-order valence-electron chi connectivity index (χ1n) is 10.0. The van der Waals surface area contributed by atoms with Crippen LogP contribution in [0.3, 0.4) is 0 Å². The molecule has 0 radical (unpaired) electrons. The zero-order valence-corrected chi connectivity index (χ0v) is 17.3. The Morgan fingerprint density at radius 1 is 0.967 bits per heavy atom. The van der Waals surface area contributed by atoms with Crippen molar-refractivity contribution in [3.05, 3.63) is 77.4 Å². The van der Waals surface area contributed by atoms with Gasteiger partial charge in [0.25, 0.3) is 5.91 Å². The maximum absolute atomic E-state index is 12.7. The third kappa shape index (κ3) is 4.17. The van der Waals surface area contributed by atoms with E-state index in [2.05, 4.69) is 41.5 Å². The molecular formula is C24H24N4O2. The Morgan fingerprint density at radius 2 is 1.80 bits per heavy atom. The maximum atomic E-state index is 12.7. The molecule has 4 rings (SSSR count). The van der Waals surface area contributed by atoms with E-state index in [-0.39, 0.29) is 5.91 Å². The molecule has 0 atom stereocenters. The Balaban J connectivity index is 1.55. The van der Waals surface area contributed by atoms with Crippen LogP contribution in [0.5, 0.6) is 5.75 Å². The molecule has 1 aromatic heterocycles. The summed E-state index contributed by atoms with van der Waals surface area (Å²) < 4.78 is 5.61. The number of carbonyl (C=O) groups is 1. The second kappa shape index (κ2) is 8.37. The molecule has 6 nitrogen and oxygen atoms in total. The van der Waals surface area contributed by atoms with Gasteiger partial charge in [-0.15, -0.1) is 10.2 Å². The molecule has 152 valence electrons. The van der Waals surface area contributed by atoms with Gasteiger partial charge in [-0.05, 0) is 79.9 Å². The summed E-state index contributed by atoms with van der Waals surface area (Å²) in [6.45, 7) is 6.81. The minimum absolute atomic E-state index is 0.196. The number of fused-ring (bicyclic) bond motifs is 1. The lowest BCUT2D eigenvalue weighted by atomic mass is 10.1. The Hall–Kier alpha value is -3.67. The predicted octanol–water partition coefficient (Wildman–Crippen LogP) is 5.08. The summed E-state index contributed by atoms with van der Waals surface area (Å²) in [6, 6.07) is 18.8. The largest absolute Gasteiger partial charge is 0.494 e. The van der Waals surface area contributed by atoms with E-state index in [0.717, 1.165) is 17.6 Å². The molecule has 0 fully saturated rings. The smallest absolute Gasteiger partial charge is 0.255 e. The summed E-state index contributed by atoms with van der Waals surface area (Å²) >= 11 is 0. The second-order valence-electron chi connectivity index (χ2n) is 7.29. The number of carbonyl (C=O) groups excluding carboxylic acids is 1. The van der Waals surface area contributed by atoms with E-state index in [1.54, 1.807) is 16.9 Å². The van der Waals surface area contributed by atoms with Crippen molar-refractivity contribution in [2.24, 2.45) is 0 Å². The summed E-state index contributed by atoms with van der Waals surface area (Å²) in [7, 11) is 0. The molecule has 0 spiro atoms. The molecule has 1 N–H and O–H groups in total. The van der Waals surface area contributed by atoms with E-state index in [1.807, 2.05) is 43.3 Å². The molecule has 30 heavy (non-hydrogen) atoms. The van der Waals surface area contributed by atoms with Gasteiger partial charge in [0, 0.05) is 11.3 Å². The number of nitrogens with one attached hydrogen (secondary N) is 1. The van der Waals surface area contributed by atoms with Gasteiger partial charge in [-0.3, -0.25) is 4.79 Å². The number of aromatic nitrogens is 3. The Bertz CT molecular complexity index is 1210. The van der Waals surface area contributed by atoms with Gasteiger partial charge in [-0.2, -0.15) is 4.80 Å². The van der Waals surface area contributed by atoms with E-state index < -0.39 is 0 Å². The SMILES string of the molecule is CCCOc1cccc(C(=O)Nc2ccc3nn(-c4ccc(C)c(C)c4)nc3c2)c1. The van der Waals surface area contributed by atoms with Gasteiger partial charge in [0.1, 0.15) is 16.8 Å². The summed E-state index contributed by atoms with van der Waals surface area (Å²) in [5.74, 6) is 0.495. The van der Waals surface area contributed by atoms with Gasteiger partial charge in [-0.25, -0.2) is 0 Å². The fourth-order valence-corrected chi connectivity index (χ4v) is 3.11. The maximum Gasteiger partial charge on any atom is 0.255 e. The Kier molecular flexibility index (Phi) is 5.48. The van der Waals surface area contributed by atoms with Gasteiger partial charge in [0.2, 0.25) is 0 Å². The fourth-order valence-electron chi connectivity index (χ4n) is 3.11. The lowest BCUT2D eigenvalue weighted by molar-refractivity contribution is 0.102. The number of benzene rings is 3. The van der Waals surface area contributed by atoms with Crippen molar-refractivity contribution in [1.82, 2.24) is 15.0 Å². The van der Waals surface area contributed by atoms with Crippen LogP contribution in [0.1, 0.15) is 34.8 Å². The van der Waals surface area contributed by atoms with Crippen LogP contribution >= 0.6 is 0 Å². The van der Waals surface area contributed by atoms with Gasteiger partial charge in [0.05, 0.1) is 12.3 Å². The lowest BCUT2D eigenvalue weighted by Crippen LogP contribution is -2.12. The number of anilines is 1. The van der Waals surface area contributed by atoms with Gasteiger partial charge < -0.3 is 10.1 Å². The fraction of sp³-hybridized carbons (Fsp3) is 0.208. The van der Waals surface area contributed by atoms with Gasteiger partial charge >= 0.3 is 0 Å². The molecule has 4 aromatic rings. The highest BCUT2D eigenvalue weighted by molar-refractivity contribution is 6.05. The average molecular weight is 400 g/mol. The quantitative estimate of drug-likeness (QED) is 0.490. The minimum atomic E-state index is -0.196. The highest BCUT2D eigenvalue weighted by Gasteiger charge is 2.10. The standard InChI is InChI=1S/C24H24N4O2/c1-4-12-30-21-7-5-6-18(14-21)24(29)25-19-9-11-22-23(15-19)27-28(26-22)20-10-8-16(2)17(3)13-20/h5-11,13-15H,4,12H2,1-3H3,(H,25,29). The van der Waals surface area contributed by atoms with E-state index in [9.17, 15) is 4.79 Å². The summed E-state index contributed by atoms with van der Waals surface area (Å²) in [6.07, 6.45) is 0.916. The molecule has 0 saturated heterocycles. The van der Waals surface area contributed by atoms with Crippen LogP contribution in [0.25, 0.3) is 16.7 Å². The second-order valence-corrected chi connectivity index (χ2v) is 7.29. The van der Waals surface area contributed by atoms with E-state index >= 15 is 0 Å². The molecule has 1 heterocycles. The Labute approximate surface area is 175 Å². The highest BCUT2D eigenvalue weighted by atomic mass is 16.5. The van der Waals surface area contributed by atoms with Crippen molar-refractivity contribution in [1.29, 1.82) is 0 Å². The van der Waals surface area contributed by atoms with Crippen molar-refractivity contribution in [2.75, 3.05) is 11.9 Å². The number of nitrogens with zero attached hydrogens (tertiary/aromatic N) is 3. The van der Waals surface area contributed by atoms with Crippen molar-refractivity contribution in [3.8, 4) is 11.4 Å². The van der Waals surface area contributed by atoms with Crippen LogP contribution in [0.4, 0.5) is 5.69 Å². The predicted molar refractivity (Wildman–Crippen MR) is 119 cm³/mol. The first-order chi connectivity index (χ1) is 14.5. The van der Waals surface area contributed by atoms with E-state index in [0.29, 0.717) is 29.1 Å². The average Bonchev–Trinajstić information content (AvgIpc) is 3.18. The molecule has 0 saturated carbocycles. The Morgan fingerprint density at radius 3 is 2.60 bits per heavy atom. The summed E-state index contributed by atoms with van der Waals surface area (Å²) in [4.78, 5) is 14.3. The number of hydrogen-bond acceptors (Lipinski definition) is 4. The number of rotatable bonds is 6. The molecule has 3 aromatic carbocycles. The zero-order chi connectivity index (χ0) is 21.1. The summed E-state index contributed by atoms with van der Waals surface area (Å²) in [5.41, 5.74) is 6.01. The normalized spacial score (nSPS) is 10.9. The molecule has 0 aliphatic heterocycles. The zero-order valence-electron chi connectivity index (χ0n) is 17.3. The van der Waals surface area contributed by atoms with Crippen molar-refractivity contribution < 1.29 is 9.53 Å². The first kappa shape index (κ1) is 19.6. The summed E-state index contributed by atoms with van der Waals surface area (Å²) in [5, 5.41) is 12.1. The molecule has 0 bridgehead atoms. The van der Waals surface area contributed by atoms with Crippen molar-refractivity contribution in [3.63, 3.8) is 0 Å². The molecular weight excluding hydrogens is 376 g/mol. The number of ether oxygens (including phenoxy) is 1. The highest BCUT2D eigenvalue weighted by Crippen LogP contribution is 2.20. The van der Waals surface area contributed by atoms with Crippen molar-refractivity contribution >= 4 is 22.6 Å². The third-order valence-corrected chi connectivity index (χ3v) is 4.93. The number of hydrogen-bond donors (Lipinski definition) is 1. The molecule has 0 aliphatic rings. The van der Waals surface area contributed by atoms with Gasteiger partial charge in [-0.1, -0.05) is 19.1 Å². The van der Waals surface area contributed by atoms with Crippen LogP contribution in [0, 0.1) is 13.8 Å². The minimum Gasteiger partial charge on any atom is -0.494 e. The molecule has 6 heteroatoms. The van der Waals surface area contributed by atoms with Crippen LogP contribution in [-0.2, 0) is 0 Å². The topological polar surface area (TPSA) is 69.0 Å². The van der Waals surface area contributed by atoms with Crippen LogP contribution < -0.4 is 10.1 Å². The van der Waals surface area contributed by atoms with E-state index in [1.165, 1.54) is 11.1 Å². The monoisotopic (exact) mass is 400 g/mol. The first-order valence-corrected chi connectivity index (χ1v) is 10.0. The van der Waals surface area contributed by atoms with Crippen LogP contribution in [0.15, 0.2) is 60.7 Å².